The molecule has 1 atom stereocenters. The molecule has 2 nitrogen and oxygen atoms in total. The first-order chi connectivity index (χ1) is 14.1. The van der Waals surface area contributed by atoms with E-state index in [9.17, 15) is 0 Å². The third-order valence-electron chi connectivity index (χ3n) is 5.74. The molecule has 0 spiro atoms. The molecule has 0 radical (unpaired) electrons. The first kappa shape index (κ1) is 27.7. The van der Waals surface area contributed by atoms with Crippen LogP contribution >= 0.6 is 0 Å². The topological polar surface area (TPSA) is 33.1 Å². The van der Waals surface area contributed by atoms with E-state index in [0.717, 1.165) is 37.7 Å². The molecule has 0 saturated carbocycles. The van der Waals surface area contributed by atoms with Crippen LogP contribution in [0, 0.1) is 11.3 Å². The third kappa shape index (κ3) is 17.3. The molecule has 0 aromatic rings. The van der Waals surface area contributed by atoms with Crippen LogP contribution in [-0.4, -0.2) is 12.0 Å². The summed E-state index contributed by atoms with van der Waals surface area (Å²) >= 11 is 0. The van der Waals surface area contributed by atoms with Crippen molar-refractivity contribution < 1.29 is 4.74 Å². The molecule has 0 aliphatic carbocycles. The highest BCUT2D eigenvalue weighted by Crippen LogP contribution is 2.20. The Morgan fingerprint density at radius 3 is 1.83 bits per heavy atom. The minimum absolute atomic E-state index is 0.260. The first-order valence-corrected chi connectivity index (χ1v) is 12.2. The summed E-state index contributed by atoms with van der Waals surface area (Å²) in [4.78, 5) is 0. The van der Waals surface area contributed by atoms with Crippen molar-refractivity contribution in [3.05, 3.63) is 37.5 Å². The fraction of sp³-hybridized carbons (Fsp3) is 0.741. The van der Waals surface area contributed by atoms with Crippen molar-refractivity contribution in [2.75, 3.05) is 0 Å². The van der Waals surface area contributed by atoms with Gasteiger partial charge in [-0.1, -0.05) is 96.1 Å². The highest BCUT2D eigenvalue weighted by Gasteiger charge is 2.11. The Kier molecular flexibility index (Phi) is 19.1. The molecule has 1 N–H and O–H groups in total. The Morgan fingerprint density at radius 2 is 1.34 bits per heavy atom. The van der Waals surface area contributed by atoms with Gasteiger partial charge < -0.3 is 4.74 Å². The molecule has 0 aliphatic heterocycles. The van der Waals surface area contributed by atoms with Crippen LogP contribution in [0.25, 0.3) is 0 Å². The molecule has 0 aromatic heterocycles. The highest BCUT2D eigenvalue weighted by atomic mass is 16.5. The van der Waals surface area contributed by atoms with Gasteiger partial charge in [-0.2, -0.15) is 0 Å². The van der Waals surface area contributed by atoms with Gasteiger partial charge in [0.25, 0.3) is 0 Å². The largest absolute Gasteiger partial charge is 0.478 e. The highest BCUT2D eigenvalue weighted by molar-refractivity contribution is 5.72. The Bertz CT molecular complexity index is 432. The molecule has 0 heterocycles. The molecule has 0 fully saturated rings. The molecule has 0 saturated heterocycles. The maximum Gasteiger partial charge on any atom is 0.180 e. The second-order valence-electron chi connectivity index (χ2n) is 8.50. The molecule has 0 aromatic carbocycles. The molecule has 0 bridgehead atoms. The Hall–Kier alpha value is -1.31. The van der Waals surface area contributed by atoms with Gasteiger partial charge in [-0.25, -0.2) is 0 Å². The van der Waals surface area contributed by atoms with Crippen molar-refractivity contribution >= 4 is 5.90 Å². The maximum absolute atomic E-state index is 8.17. The summed E-state index contributed by atoms with van der Waals surface area (Å²) in [5.41, 5.74) is 1.15. The zero-order chi connectivity index (χ0) is 21.7. The number of ether oxygens (including phenoxy) is 1. The molecule has 29 heavy (non-hydrogen) atoms. The van der Waals surface area contributed by atoms with E-state index >= 15 is 0 Å². The van der Waals surface area contributed by atoms with Crippen LogP contribution in [0.2, 0.25) is 0 Å². The van der Waals surface area contributed by atoms with Gasteiger partial charge in [0.1, 0.15) is 6.10 Å². The monoisotopic (exact) mass is 403 g/mol. The quantitative estimate of drug-likeness (QED) is 0.0669. The molecule has 0 aliphatic rings. The van der Waals surface area contributed by atoms with Crippen molar-refractivity contribution in [3.8, 4) is 0 Å². The van der Waals surface area contributed by atoms with Crippen LogP contribution in [0.1, 0.15) is 117 Å². The number of unbranched alkanes of at least 4 members (excludes halogenated alkanes) is 6. The number of rotatable bonds is 21. The lowest BCUT2D eigenvalue weighted by Gasteiger charge is -2.19. The molecule has 0 rings (SSSR count). The van der Waals surface area contributed by atoms with Gasteiger partial charge in [-0.3, -0.25) is 5.41 Å². The lowest BCUT2D eigenvalue weighted by molar-refractivity contribution is 0.154. The lowest BCUT2D eigenvalue weighted by Crippen LogP contribution is -2.17. The summed E-state index contributed by atoms with van der Waals surface area (Å²) < 4.78 is 5.96. The summed E-state index contributed by atoms with van der Waals surface area (Å²) in [6.07, 6.45) is 22.9. The smallest absolute Gasteiger partial charge is 0.180 e. The molecule has 0 amide bonds. The number of nitrogens with one attached hydrogen (secondary N) is 1. The van der Waals surface area contributed by atoms with Crippen LogP contribution in [-0.2, 0) is 4.74 Å². The fourth-order valence-electron chi connectivity index (χ4n) is 3.67. The van der Waals surface area contributed by atoms with Crippen LogP contribution in [0.3, 0.4) is 0 Å². The van der Waals surface area contributed by atoms with E-state index in [-0.39, 0.29) is 6.10 Å². The van der Waals surface area contributed by atoms with E-state index in [4.69, 9.17) is 10.1 Å². The Labute approximate surface area is 182 Å². The SMILES string of the molecule is C=CC(=C)CCCCCC(C=C)CCCCCC(=N)OC(CCCC)CCCC. The predicted octanol–water partition coefficient (Wildman–Crippen LogP) is 9.17. The number of hydrogen-bond acceptors (Lipinski definition) is 2. The zero-order valence-corrected chi connectivity index (χ0v) is 19.7. The Balaban J connectivity index is 3.84. The van der Waals surface area contributed by atoms with E-state index in [1.54, 1.807) is 0 Å². The van der Waals surface area contributed by atoms with Crippen molar-refractivity contribution in [3.63, 3.8) is 0 Å². The van der Waals surface area contributed by atoms with Gasteiger partial charge in [0, 0.05) is 6.42 Å². The summed E-state index contributed by atoms with van der Waals surface area (Å²) in [5, 5.41) is 8.17. The van der Waals surface area contributed by atoms with E-state index in [1.165, 1.54) is 70.6 Å². The fourth-order valence-corrected chi connectivity index (χ4v) is 3.67. The number of allylic oxidation sites excluding steroid dienone is 3. The van der Waals surface area contributed by atoms with Crippen LogP contribution in [0.5, 0.6) is 0 Å². The average Bonchev–Trinajstić information content (AvgIpc) is 2.73. The van der Waals surface area contributed by atoms with Crippen molar-refractivity contribution in [2.24, 2.45) is 5.92 Å². The Morgan fingerprint density at radius 1 is 0.793 bits per heavy atom. The van der Waals surface area contributed by atoms with E-state index in [1.807, 2.05) is 6.08 Å². The molecule has 1 unspecified atom stereocenters. The van der Waals surface area contributed by atoms with Crippen LogP contribution in [0.15, 0.2) is 37.5 Å². The predicted molar refractivity (Wildman–Crippen MR) is 131 cm³/mol. The van der Waals surface area contributed by atoms with Gasteiger partial charge >= 0.3 is 0 Å². The summed E-state index contributed by atoms with van der Waals surface area (Å²) in [7, 11) is 0. The van der Waals surface area contributed by atoms with Gasteiger partial charge in [0.2, 0.25) is 0 Å². The lowest BCUT2D eigenvalue weighted by atomic mass is 9.94. The molecule has 2 heteroatoms. The van der Waals surface area contributed by atoms with Gasteiger partial charge in [0.15, 0.2) is 5.90 Å². The summed E-state index contributed by atoms with van der Waals surface area (Å²) in [5.74, 6) is 1.14. The van der Waals surface area contributed by atoms with E-state index in [0.29, 0.717) is 11.8 Å². The molecular weight excluding hydrogens is 354 g/mol. The van der Waals surface area contributed by atoms with Crippen LogP contribution in [0.4, 0.5) is 0 Å². The van der Waals surface area contributed by atoms with Crippen molar-refractivity contribution in [1.29, 1.82) is 5.41 Å². The van der Waals surface area contributed by atoms with Gasteiger partial charge in [-0.15, -0.1) is 6.58 Å². The minimum Gasteiger partial charge on any atom is -0.478 e. The normalized spacial score (nSPS) is 12.0. The van der Waals surface area contributed by atoms with Gasteiger partial charge in [0.05, 0.1) is 0 Å². The summed E-state index contributed by atoms with van der Waals surface area (Å²) in [6, 6.07) is 0. The maximum atomic E-state index is 8.17. The molecule has 168 valence electrons. The van der Waals surface area contributed by atoms with Crippen molar-refractivity contribution in [1.82, 2.24) is 0 Å². The standard InChI is InChI=1S/C27H49NO/c1-6-10-21-26(22-11-7-2)29-27(28)23-17-13-16-20-25(9-4)19-15-12-14-18-24(5)8-3/h8-9,25-26,28H,3-7,10-23H2,1-2H3. The summed E-state index contributed by atoms with van der Waals surface area (Å²) in [6.45, 7) is 16.2. The van der Waals surface area contributed by atoms with E-state index in [2.05, 4.69) is 39.7 Å². The number of hydrogen-bond donors (Lipinski definition) is 1. The second kappa shape index (κ2) is 20.0. The second-order valence-corrected chi connectivity index (χ2v) is 8.50. The molecular formula is C27H49NO. The van der Waals surface area contributed by atoms with Crippen molar-refractivity contribution in [2.45, 2.75) is 123 Å². The third-order valence-corrected chi connectivity index (χ3v) is 5.74. The van der Waals surface area contributed by atoms with Crippen LogP contribution < -0.4 is 0 Å². The first-order valence-electron chi connectivity index (χ1n) is 12.2. The van der Waals surface area contributed by atoms with E-state index < -0.39 is 0 Å². The average molecular weight is 404 g/mol. The van der Waals surface area contributed by atoms with Gasteiger partial charge in [-0.05, 0) is 50.9 Å². The minimum atomic E-state index is 0.260. The zero-order valence-electron chi connectivity index (χ0n) is 19.7.